The van der Waals surface area contributed by atoms with Crippen LogP contribution in [0.5, 0.6) is 0 Å². The molecule has 0 spiro atoms. The lowest BCUT2D eigenvalue weighted by Crippen LogP contribution is -2.45. The van der Waals surface area contributed by atoms with Crippen LogP contribution in [0, 0.1) is 11.7 Å². The molecule has 2 saturated heterocycles. The second-order valence-corrected chi connectivity index (χ2v) is 6.29. The number of ether oxygens (including phenoxy) is 1. The van der Waals surface area contributed by atoms with E-state index in [-0.39, 0.29) is 17.8 Å². The van der Waals surface area contributed by atoms with Crippen molar-refractivity contribution in [1.29, 1.82) is 0 Å². The lowest BCUT2D eigenvalue weighted by Gasteiger charge is -2.33. The Morgan fingerprint density at radius 3 is 2.82 bits per heavy atom. The molecule has 2 aliphatic rings. The second-order valence-electron chi connectivity index (χ2n) is 6.29. The summed E-state index contributed by atoms with van der Waals surface area (Å²) >= 11 is 0. The SMILES string of the molecule is O=C(NC1CCN(CC2CCOC2)CC1)c1cccc(F)c1. The van der Waals surface area contributed by atoms with Gasteiger partial charge in [0.2, 0.25) is 0 Å². The first kappa shape index (κ1) is 15.4. The summed E-state index contributed by atoms with van der Waals surface area (Å²) in [4.78, 5) is 14.6. The number of benzene rings is 1. The minimum absolute atomic E-state index is 0.179. The Hall–Kier alpha value is -1.46. The van der Waals surface area contributed by atoms with Crippen LogP contribution in [0.25, 0.3) is 0 Å². The van der Waals surface area contributed by atoms with Crippen molar-refractivity contribution in [3.05, 3.63) is 35.6 Å². The Kier molecular flexibility index (Phi) is 5.05. The van der Waals surface area contributed by atoms with E-state index in [0.29, 0.717) is 11.5 Å². The number of carbonyl (C=O) groups excluding carboxylic acids is 1. The maximum absolute atomic E-state index is 13.2. The van der Waals surface area contributed by atoms with Crippen LogP contribution in [0.3, 0.4) is 0 Å². The standard InChI is InChI=1S/C17H23FN2O2/c18-15-3-1-2-14(10-15)17(21)19-16-4-7-20(8-5-16)11-13-6-9-22-12-13/h1-3,10,13,16H,4-9,11-12H2,(H,19,21). The molecule has 1 aromatic carbocycles. The van der Waals surface area contributed by atoms with Gasteiger partial charge in [0, 0.05) is 37.8 Å². The number of hydrogen-bond donors (Lipinski definition) is 1. The van der Waals surface area contributed by atoms with Crippen LogP contribution in [0.4, 0.5) is 4.39 Å². The summed E-state index contributed by atoms with van der Waals surface area (Å²) in [6, 6.07) is 6.03. The molecule has 0 aliphatic carbocycles. The number of amides is 1. The zero-order chi connectivity index (χ0) is 15.4. The summed E-state index contributed by atoms with van der Waals surface area (Å²) in [5, 5.41) is 3.02. The molecule has 120 valence electrons. The molecule has 1 aromatic rings. The zero-order valence-electron chi connectivity index (χ0n) is 12.8. The first-order valence-electron chi connectivity index (χ1n) is 8.07. The highest BCUT2D eigenvalue weighted by Gasteiger charge is 2.24. The fourth-order valence-electron chi connectivity index (χ4n) is 3.25. The van der Waals surface area contributed by atoms with E-state index in [4.69, 9.17) is 4.74 Å². The van der Waals surface area contributed by atoms with Crippen LogP contribution in [0.1, 0.15) is 29.6 Å². The van der Waals surface area contributed by atoms with Crippen LogP contribution < -0.4 is 5.32 Å². The highest BCUT2D eigenvalue weighted by molar-refractivity contribution is 5.94. The van der Waals surface area contributed by atoms with Gasteiger partial charge in [-0.25, -0.2) is 4.39 Å². The Balaban J connectivity index is 1.44. The number of hydrogen-bond acceptors (Lipinski definition) is 3. The van der Waals surface area contributed by atoms with Crippen LogP contribution in [-0.4, -0.2) is 49.7 Å². The number of nitrogens with one attached hydrogen (secondary N) is 1. The van der Waals surface area contributed by atoms with E-state index < -0.39 is 0 Å². The first-order valence-corrected chi connectivity index (χ1v) is 8.07. The molecule has 0 saturated carbocycles. The molecule has 0 radical (unpaired) electrons. The van der Waals surface area contributed by atoms with E-state index in [1.807, 2.05) is 0 Å². The lowest BCUT2D eigenvalue weighted by atomic mass is 10.0. The van der Waals surface area contributed by atoms with Gasteiger partial charge in [0.1, 0.15) is 5.82 Å². The minimum Gasteiger partial charge on any atom is -0.381 e. The Morgan fingerprint density at radius 2 is 2.14 bits per heavy atom. The summed E-state index contributed by atoms with van der Waals surface area (Å²) in [7, 11) is 0. The van der Waals surface area contributed by atoms with Crippen LogP contribution in [0.2, 0.25) is 0 Å². The summed E-state index contributed by atoms with van der Waals surface area (Å²) in [6.45, 7) is 4.89. The van der Waals surface area contributed by atoms with Gasteiger partial charge in [0.25, 0.3) is 5.91 Å². The van der Waals surface area contributed by atoms with E-state index >= 15 is 0 Å². The van der Waals surface area contributed by atoms with Gasteiger partial charge in [-0.3, -0.25) is 4.79 Å². The molecule has 0 aromatic heterocycles. The molecule has 2 heterocycles. The molecule has 1 N–H and O–H groups in total. The van der Waals surface area contributed by atoms with Crippen molar-refractivity contribution in [2.24, 2.45) is 5.92 Å². The topological polar surface area (TPSA) is 41.6 Å². The molecule has 1 amide bonds. The Labute approximate surface area is 130 Å². The number of carbonyl (C=O) groups is 1. The van der Waals surface area contributed by atoms with E-state index in [1.165, 1.54) is 12.1 Å². The fourth-order valence-corrected chi connectivity index (χ4v) is 3.25. The predicted octanol–water partition coefficient (Wildman–Crippen LogP) is 2.06. The average Bonchev–Trinajstić information content (AvgIpc) is 3.02. The molecule has 4 nitrogen and oxygen atoms in total. The monoisotopic (exact) mass is 306 g/mol. The van der Waals surface area contributed by atoms with Crippen molar-refractivity contribution < 1.29 is 13.9 Å². The van der Waals surface area contributed by atoms with Gasteiger partial charge in [0.05, 0.1) is 6.61 Å². The van der Waals surface area contributed by atoms with Gasteiger partial charge < -0.3 is 15.0 Å². The largest absolute Gasteiger partial charge is 0.381 e. The van der Waals surface area contributed by atoms with Crippen LogP contribution >= 0.6 is 0 Å². The second kappa shape index (κ2) is 7.20. The van der Waals surface area contributed by atoms with Crippen LogP contribution in [0.15, 0.2) is 24.3 Å². The quantitative estimate of drug-likeness (QED) is 0.926. The molecule has 22 heavy (non-hydrogen) atoms. The van der Waals surface area contributed by atoms with Gasteiger partial charge in [-0.1, -0.05) is 6.07 Å². The molecule has 5 heteroatoms. The van der Waals surface area contributed by atoms with Gasteiger partial charge in [-0.15, -0.1) is 0 Å². The highest BCUT2D eigenvalue weighted by Crippen LogP contribution is 2.18. The molecule has 2 aliphatic heterocycles. The third-order valence-electron chi connectivity index (χ3n) is 4.55. The molecular formula is C17H23FN2O2. The smallest absolute Gasteiger partial charge is 0.251 e. The molecule has 2 fully saturated rings. The number of nitrogens with zero attached hydrogens (tertiary/aromatic N) is 1. The summed E-state index contributed by atoms with van der Waals surface area (Å²) in [5.41, 5.74) is 0.394. The van der Waals surface area contributed by atoms with Crippen molar-refractivity contribution in [2.45, 2.75) is 25.3 Å². The summed E-state index contributed by atoms with van der Waals surface area (Å²) in [6.07, 6.45) is 3.07. The van der Waals surface area contributed by atoms with E-state index in [9.17, 15) is 9.18 Å². The number of halogens is 1. The maximum atomic E-state index is 13.2. The predicted molar refractivity (Wildman–Crippen MR) is 82.3 cm³/mol. The third-order valence-corrected chi connectivity index (χ3v) is 4.55. The van der Waals surface area contributed by atoms with Crippen molar-refractivity contribution in [3.63, 3.8) is 0 Å². The van der Waals surface area contributed by atoms with Crippen LogP contribution in [-0.2, 0) is 4.74 Å². The molecular weight excluding hydrogens is 283 g/mol. The summed E-state index contributed by atoms with van der Waals surface area (Å²) in [5.74, 6) is 0.113. The molecule has 3 rings (SSSR count). The number of piperidine rings is 1. The number of rotatable bonds is 4. The fraction of sp³-hybridized carbons (Fsp3) is 0.588. The molecule has 1 unspecified atom stereocenters. The van der Waals surface area contributed by atoms with Gasteiger partial charge in [-0.2, -0.15) is 0 Å². The van der Waals surface area contributed by atoms with Gasteiger partial charge in [0.15, 0.2) is 0 Å². The lowest BCUT2D eigenvalue weighted by molar-refractivity contribution is 0.0903. The van der Waals surface area contributed by atoms with Crippen molar-refractivity contribution in [2.75, 3.05) is 32.8 Å². The number of likely N-dealkylation sites (tertiary alicyclic amines) is 1. The average molecular weight is 306 g/mol. The highest BCUT2D eigenvalue weighted by atomic mass is 19.1. The third kappa shape index (κ3) is 4.05. The van der Waals surface area contributed by atoms with E-state index in [0.717, 1.165) is 52.1 Å². The first-order chi connectivity index (χ1) is 10.7. The van der Waals surface area contributed by atoms with Crippen molar-refractivity contribution >= 4 is 5.91 Å². The maximum Gasteiger partial charge on any atom is 0.251 e. The minimum atomic E-state index is -0.374. The molecule has 0 bridgehead atoms. The Morgan fingerprint density at radius 1 is 1.32 bits per heavy atom. The van der Waals surface area contributed by atoms with Crippen molar-refractivity contribution in [1.82, 2.24) is 10.2 Å². The zero-order valence-corrected chi connectivity index (χ0v) is 12.8. The van der Waals surface area contributed by atoms with E-state index in [1.54, 1.807) is 12.1 Å². The summed E-state index contributed by atoms with van der Waals surface area (Å²) < 4.78 is 18.6. The van der Waals surface area contributed by atoms with Gasteiger partial charge in [-0.05, 0) is 43.4 Å². The molecule has 1 atom stereocenters. The van der Waals surface area contributed by atoms with Crippen molar-refractivity contribution in [3.8, 4) is 0 Å². The Bertz CT molecular complexity index is 509. The van der Waals surface area contributed by atoms with Gasteiger partial charge >= 0.3 is 0 Å². The normalized spacial score (nSPS) is 23.6. The van der Waals surface area contributed by atoms with E-state index in [2.05, 4.69) is 10.2 Å².